The van der Waals surface area contributed by atoms with E-state index < -0.39 is 5.41 Å². The molecular formula is C20H29NO4. The molecule has 1 N–H and O–H groups in total. The van der Waals surface area contributed by atoms with Gasteiger partial charge in [0.2, 0.25) is 5.91 Å². The van der Waals surface area contributed by atoms with Gasteiger partial charge in [-0.25, -0.2) is 0 Å². The van der Waals surface area contributed by atoms with Crippen LogP contribution in [0.3, 0.4) is 0 Å². The van der Waals surface area contributed by atoms with Gasteiger partial charge in [0.1, 0.15) is 5.75 Å². The van der Waals surface area contributed by atoms with Crippen molar-refractivity contribution in [3.05, 3.63) is 29.8 Å². The smallest absolute Gasteiger partial charge is 0.307 e. The highest BCUT2D eigenvalue weighted by molar-refractivity contribution is 5.88. The molecule has 1 aliphatic rings. The number of amides is 1. The van der Waals surface area contributed by atoms with E-state index in [1.165, 1.54) is 0 Å². The van der Waals surface area contributed by atoms with E-state index in [-0.39, 0.29) is 18.3 Å². The number of ether oxygens (including phenoxy) is 2. The van der Waals surface area contributed by atoms with E-state index in [4.69, 9.17) is 9.47 Å². The molecule has 1 fully saturated rings. The zero-order valence-corrected chi connectivity index (χ0v) is 15.3. The molecule has 2 rings (SSSR count). The van der Waals surface area contributed by atoms with Gasteiger partial charge in [-0.3, -0.25) is 9.59 Å². The van der Waals surface area contributed by atoms with Crippen LogP contribution < -0.4 is 10.1 Å². The summed E-state index contributed by atoms with van der Waals surface area (Å²) in [7, 11) is 1.63. The molecule has 5 heteroatoms. The first-order valence-corrected chi connectivity index (χ1v) is 9.21. The third-order valence-electron chi connectivity index (χ3n) is 4.87. The number of methoxy groups -OCH3 is 1. The van der Waals surface area contributed by atoms with Gasteiger partial charge in [0, 0.05) is 6.54 Å². The van der Waals surface area contributed by atoms with Crippen LogP contribution in [0.4, 0.5) is 0 Å². The molecule has 138 valence electrons. The SMILES string of the molecule is CCCOC(=O)CCNC(=O)C1(c2ccc(OC)cc2)CCCCC1. The van der Waals surface area contributed by atoms with E-state index in [9.17, 15) is 9.59 Å². The van der Waals surface area contributed by atoms with E-state index in [1.807, 2.05) is 31.2 Å². The molecule has 0 radical (unpaired) electrons. The number of esters is 1. The van der Waals surface area contributed by atoms with Crippen LogP contribution in [0.2, 0.25) is 0 Å². The lowest BCUT2D eigenvalue weighted by Crippen LogP contribution is -2.46. The first-order chi connectivity index (χ1) is 12.1. The number of benzene rings is 1. The highest BCUT2D eigenvalue weighted by Crippen LogP contribution is 2.40. The Morgan fingerprint density at radius 1 is 1.12 bits per heavy atom. The lowest BCUT2D eigenvalue weighted by atomic mass is 9.68. The maximum absolute atomic E-state index is 13.0. The monoisotopic (exact) mass is 347 g/mol. The van der Waals surface area contributed by atoms with Crippen LogP contribution in [0.5, 0.6) is 5.75 Å². The summed E-state index contributed by atoms with van der Waals surface area (Å²) in [6, 6.07) is 7.78. The van der Waals surface area contributed by atoms with Crippen molar-refractivity contribution in [1.82, 2.24) is 5.32 Å². The Kier molecular flexibility index (Phi) is 7.29. The van der Waals surface area contributed by atoms with Crippen LogP contribution in [0, 0.1) is 0 Å². The topological polar surface area (TPSA) is 64.6 Å². The molecule has 1 saturated carbocycles. The Morgan fingerprint density at radius 3 is 2.40 bits per heavy atom. The first-order valence-electron chi connectivity index (χ1n) is 9.21. The van der Waals surface area contributed by atoms with Crippen molar-refractivity contribution >= 4 is 11.9 Å². The predicted molar refractivity (Wildman–Crippen MR) is 96.6 cm³/mol. The average Bonchev–Trinajstić information content (AvgIpc) is 2.66. The highest BCUT2D eigenvalue weighted by atomic mass is 16.5. The molecule has 0 saturated heterocycles. The summed E-state index contributed by atoms with van der Waals surface area (Å²) in [5.41, 5.74) is 0.525. The maximum atomic E-state index is 13.0. The normalized spacial score (nSPS) is 16.1. The average molecular weight is 347 g/mol. The van der Waals surface area contributed by atoms with E-state index in [1.54, 1.807) is 7.11 Å². The summed E-state index contributed by atoms with van der Waals surface area (Å²) >= 11 is 0. The Labute approximate surface area is 150 Å². The summed E-state index contributed by atoms with van der Waals surface area (Å²) in [6.45, 7) is 2.71. The van der Waals surface area contributed by atoms with Gasteiger partial charge in [-0.15, -0.1) is 0 Å². The van der Waals surface area contributed by atoms with Crippen LogP contribution >= 0.6 is 0 Å². The Bertz CT molecular complexity index is 562. The lowest BCUT2D eigenvalue weighted by Gasteiger charge is -2.36. The summed E-state index contributed by atoms with van der Waals surface area (Å²) in [5.74, 6) is 0.540. The zero-order valence-electron chi connectivity index (χ0n) is 15.3. The molecule has 0 unspecified atom stereocenters. The van der Waals surface area contributed by atoms with Gasteiger partial charge < -0.3 is 14.8 Å². The van der Waals surface area contributed by atoms with Crippen LogP contribution in [0.1, 0.15) is 57.4 Å². The van der Waals surface area contributed by atoms with Crippen molar-refractivity contribution in [2.75, 3.05) is 20.3 Å². The number of carbonyl (C=O) groups is 2. The molecule has 0 spiro atoms. The molecule has 0 heterocycles. The van der Waals surface area contributed by atoms with Crippen LogP contribution in [-0.2, 0) is 19.7 Å². The molecule has 1 aromatic carbocycles. The van der Waals surface area contributed by atoms with Crippen molar-refractivity contribution in [2.24, 2.45) is 0 Å². The van der Waals surface area contributed by atoms with Gasteiger partial charge in [-0.2, -0.15) is 0 Å². The lowest BCUT2D eigenvalue weighted by molar-refractivity contribution is -0.143. The quantitative estimate of drug-likeness (QED) is 0.733. The molecule has 0 atom stereocenters. The fourth-order valence-corrected chi connectivity index (χ4v) is 3.45. The largest absolute Gasteiger partial charge is 0.497 e. The van der Waals surface area contributed by atoms with Crippen molar-refractivity contribution < 1.29 is 19.1 Å². The molecule has 1 amide bonds. The standard InChI is InChI=1S/C20H29NO4/c1-3-15-25-18(22)11-14-21-19(23)20(12-5-4-6-13-20)16-7-9-17(24-2)10-8-16/h7-10H,3-6,11-15H2,1-2H3,(H,21,23). The van der Waals surface area contributed by atoms with Gasteiger partial charge in [0.05, 0.1) is 25.6 Å². The third-order valence-corrected chi connectivity index (χ3v) is 4.87. The molecule has 1 aliphatic carbocycles. The molecule has 0 aromatic heterocycles. The molecular weight excluding hydrogens is 318 g/mol. The number of nitrogens with one attached hydrogen (secondary N) is 1. The zero-order chi connectivity index (χ0) is 18.1. The first kappa shape index (κ1) is 19.3. The van der Waals surface area contributed by atoms with Gasteiger partial charge in [-0.05, 0) is 37.0 Å². The molecule has 1 aromatic rings. The van der Waals surface area contributed by atoms with Crippen molar-refractivity contribution in [2.45, 2.75) is 57.3 Å². The van der Waals surface area contributed by atoms with Crippen molar-refractivity contribution in [3.63, 3.8) is 0 Å². The second kappa shape index (κ2) is 9.44. The van der Waals surface area contributed by atoms with Crippen LogP contribution in [-0.4, -0.2) is 32.1 Å². The Hall–Kier alpha value is -2.04. The van der Waals surface area contributed by atoms with E-state index >= 15 is 0 Å². The predicted octanol–water partition coefficient (Wildman–Crippen LogP) is 3.36. The highest BCUT2D eigenvalue weighted by Gasteiger charge is 2.40. The Morgan fingerprint density at radius 2 is 1.80 bits per heavy atom. The second-order valence-electron chi connectivity index (χ2n) is 6.60. The molecule has 0 bridgehead atoms. The fourth-order valence-electron chi connectivity index (χ4n) is 3.45. The maximum Gasteiger partial charge on any atom is 0.307 e. The van der Waals surface area contributed by atoms with E-state index in [0.717, 1.165) is 49.8 Å². The van der Waals surface area contributed by atoms with Crippen LogP contribution in [0.25, 0.3) is 0 Å². The number of carbonyl (C=O) groups excluding carboxylic acids is 2. The van der Waals surface area contributed by atoms with E-state index in [0.29, 0.717) is 13.2 Å². The summed E-state index contributed by atoms with van der Waals surface area (Å²) in [5, 5.41) is 2.96. The second-order valence-corrected chi connectivity index (χ2v) is 6.60. The van der Waals surface area contributed by atoms with Gasteiger partial charge in [-0.1, -0.05) is 38.3 Å². The van der Waals surface area contributed by atoms with Crippen LogP contribution in [0.15, 0.2) is 24.3 Å². The van der Waals surface area contributed by atoms with Crippen molar-refractivity contribution in [1.29, 1.82) is 0 Å². The van der Waals surface area contributed by atoms with Gasteiger partial charge >= 0.3 is 5.97 Å². The third kappa shape index (κ3) is 4.97. The molecule has 25 heavy (non-hydrogen) atoms. The number of rotatable bonds is 8. The van der Waals surface area contributed by atoms with Gasteiger partial charge in [0.15, 0.2) is 0 Å². The number of hydrogen-bond acceptors (Lipinski definition) is 4. The van der Waals surface area contributed by atoms with E-state index in [2.05, 4.69) is 5.32 Å². The fraction of sp³-hybridized carbons (Fsp3) is 0.600. The Balaban J connectivity index is 2.03. The number of hydrogen-bond donors (Lipinski definition) is 1. The minimum Gasteiger partial charge on any atom is -0.497 e. The van der Waals surface area contributed by atoms with Gasteiger partial charge in [0.25, 0.3) is 0 Å². The summed E-state index contributed by atoms with van der Waals surface area (Å²) in [4.78, 5) is 24.6. The minimum atomic E-state index is -0.502. The molecule has 0 aliphatic heterocycles. The molecule has 5 nitrogen and oxygen atoms in total. The summed E-state index contributed by atoms with van der Waals surface area (Å²) in [6.07, 6.45) is 5.94. The summed E-state index contributed by atoms with van der Waals surface area (Å²) < 4.78 is 10.3. The van der Waals surface area contributed by atoms with Crippen molar-refractivity contribution in [3.8, 4) is 5.75 Å². The minimum absolute atomic E-state index is 0.0145.